The van der Waals surface area contributed by atoms with Gasteiger partial charge in [0.25, 0.3) is 5.91 Å². The molecule has 2 saturated carbocycles. The average Bonchev–Trinajstić information content (AvgIpc) is 3.96. The van der Waals surface area contributed by atoms with Crippen molar-refractivity contribution in [2.24, 2.45) is 11.3 Å². The first-order valence-electron chi connectivity index (χ1n) is 16.7. The van der Waals surface area contributed by atoms with Gasteiger partial charge in [0.15, 0.2) is 0 Å². The smallest absolute Gasteiger partial charge is 0.408 e. The molecule has 0 radical (unpaired) electrons. The lowest BCUT2D eigenvalue weighted by Crippen LogP contribution is -2.60. The van der Waals surface area contributed by atoms with Crippen molar-refractivity contribution in [2.45, 2.75) is 102 Å². The summed E-state index contributed by atoms with van der Waals surface area (Å²) < 4.78 is 39.2. The highest BCUT2D eigenvalue weighted by atomic mass is 32.2. The third kappa shape index (κ3) is 8.42. The van der Waals surface area contributed by atoms with Crippen molar-refractivity contribution in [3.8, 4) is 16.9 Å². The van der Waals surface area contributed by atoms with Crippen LogP contribution in [-0.2, 0) is 29.1 Å². The number of pyridine rings is 2. The van der Waals surface area contributed by atoms with E-state index in [0.29, 0.717) is 18.6 Å². The van der Waals surface area contributed by atoms with Crippen molar-refractivity contribution in [2.75, 3.05) is 6.54 Å². The molecule has 5 unspecified atom stereocenters. The van der Waals surface area contributed by atoms with Gasteiger partial charge in [0.2, 0.25) is 21.8 Å². The molecule has 3 aliphatic rings. The Balaban J connectivity index is 1.42. The number of sulfonamides is 1. The molecule has 14 nitrogen and oxygen atoms in total. The Kier molecular flexibility index (Phi) is 10.0. The van der Waals surface area contributed by atoms with Gasteiger partial charge in [-0.3, -0.25) is 29.1 Å². The summed E-state index contributed by atoms with van der Waals surface area (Å²) in [4.78, 5) is 64.5. The number of aromatic nitrogens is 2. The first-order valence-corrected chi connectivity index (χ1v) is 18.2. The van der Waals surface area contributed by atoms with Crippen molar-refractivity contribution < 1.29 is 37.1 Å². The molecule has 5 atom stereocenters. The Morgan fingerprint density at radius 1 is 1.04 bits per heavy atom. The number of ether oxygens (including phenoxy) is 2. The molecule has 1 saturated heterocycles. The Labute approximate surface area is 292 Å². The zero-order valence-electron chi connectivity index (χ0n) is 29.3. The van der Waals surface area contributed by atoms with Crippen LogP contribution in [0.3, 0.4) is 0 Å². The molecule has 4 amide bonds. The van der Waals surface area contributed by atoms with Gasteiger partial charge in [-0.25, -0.2) is 13.2 Å². The number of rotatable bonds is 11. The number of alkyl carbamates (subject to hydrolysis) is 1. The molecule has 0 aromatic carbocycles. The molecule has 3 heterocycles. The highest BCUT2D eigenvalue weighted by Crippen LogP contribution is 2.45. The Morgan fingerprint density at radius 2 is 1.72 bits per heavy atom. The van der Waals surface area contributed by atoms with Gasteiger partial charge in [0, 0.05) is 36.5 Å². The maximum Gasteiger partial charge on any atom is 0.408 e. The maximum absolute atomic E-state index is 14.4. The average molecular weight is 711 g/mol. The van der Waals surface area contributed by atoms with E-state index in [-0.39, 0.29) is 19.4 Å². The standard InChI is InChI=1S/C35H46N6O8S/c1-8-23-17-35(23,31(44)40-50(46,47)26-9-10-26)39-29(42)27-16-25(48-24-15-22(18-37-19-24)21-11-13-36-14-12-21)20-41(27)30(43)28(33(2,3)4)38-32(45)49-34(5,6)7/h8,11-15,18-19,23,25-28H,1,9-10,16-17,20H2,2-7H3,(H,38,45)(H,39,42)(H,40,44). The minimum atomic E-state index is -3.89. The van der Waals surface area contributed by atoms with Crippen molar-refractivity contribution in [3.63, 3.8) is 0 Å². The van der Waals surface area contributed by atoms with E-state index in [0.717, 1.165) is 11.1 Å². The summed E-state index contributed by atoms with van der Waals surface area (Å²) in [6.45, 7) is 14.2. The maximum atomic E-state index is 14.4. The Bertz CT molecular complexity index is 1750. The zero-order valence-corrected chi connectivity index (χ0v) is 30.1. The van der Waals surface area contributed by atoms with Gasteiger partial charge in [-0.15, -0.1) is 6.58 Å². The van der Waals surface area contributed by atoms with Gasteiger partial charge >= 0.3 is 6.09 Å². The van der Waals surface area contributed by atoms with E-state index in [1.165, 1.54) is 17.2 Å². The van der Waals surface area contributed by atoms with Crippen LogP contribution in [0.5, 0.6) is 5.75 Å². The fourth-order valence-electron chi connectivity index (χ4n) is 6.01. The minimum absolute atomic E-state index is 0.0286. The number of amides is 4. The number of hydrogen-bond acceptors (Lipinski definition) is 10. The van der Waals surface area contributed by atoms with Gasteiger partial charge in [-0.2, -0.15) is 0 Å². The SMILES string of the molecule is C=CC1CC1(NC(=O)C1CC(Oc2cncc(-c3ccncc3)c2)CN1C(=O)C(NC(=O)OC(C)(C)C)C(C)(C)C)C(=O)NS(=O)(=O)C1CC1. The number of nitrogens with one attached hydrogen (secondary N) is 3. The van der Waals surface area contributed by atoms with E-state index < -0.39 is 79.7 Å². The van der Waals surface area contributed by atoms with Crippen LogP contribution in [0.15, 0.2) is 55.6 Å². The topological polar surface area (TPSA) is 186 Å². The van der Waals surface area contributed by atoms with E-state index in [2.05, 4.69) is 31.9 Å². The van der Waals surface area contributed by atoms with Gasteiger partial charge < -0.3 is 25.0 Å². The molecule has 2 aromatic heterocycles. The van der Waals surface area contributed by atoms with E-state index in [1.54, 1.807) is 66.2 Å². The van der Waals surface area contributed by atoms with Crippen LogP contribution in [0.25, 0.3) is 11.1 Å². The van der Waals surface area contributed by atoms with Crippen LogP contribution in [0.2, 0.25) is 0 Å². The molecule has 5 rings (SSSR count). The summed E-state index contributed by atoms with van der Waals surface area (Å²) in [5.41, 5.74) is -1.53. The van der Waals surface area contributed by atoms with Gasteiger partial charge in [-0.05, 0) is 69.2 Å². The highest BCUT2D eigenvalue weighted by Gasteiger charge is 2.62. The predicted molar refractivity (Wildman–Crippen MR) is 184 cm³/mol. The number of hydrogen-bond donors (Lipinski definition) is 3. The van der Waals surface area contributed by atoms with Crippen LogP contribution < -0.4 is 20.1 Å². The fraction of sp³-hybridized carbons (Fsp3) is 0.543. The second-order valence-corrected chi connectivity index (χ2v) is 17.2. The van der Waals surface area contributed by atoms with Crippen LogP contribution in [0.4, 0.5) is 4.79 Å². The molecule has 2 aliphatic carbocycles. The molecule has 3 fully saturated rings. The monoisotopic (exact) mass is 710 g/mol. The van der Waals surface area contributed by atoms with Crippen LogP contribution >= 0.6 is 0 Å². The molecule has 0 spiro atoms. The molecular formula is C35H46N6O8S. The zero-order chi connectivity index (χ0) is 36.6. The first-order chi connectivity index (χ1) is 23.3. The molecule has 0 bridgehead atoms. The summed E-state index contributed by atoms with van der Waals surface area (Å²) in [7, 11) is -3.89. The number of carbonyl (C=O) groups is 4. The summed E-state index contributed by atoms with van der Waals surface area (Å²) in [6, 6.07) is 3.22. The molecule has 270 valence electrons. The number of carbonyl (C=O) groups excluding carboxylic acids is 4. The quantitative estimate of drug-likeness (QED) is 0.293. The van der Waals surface area contributed by atoms with E-state index in [4.69, 9.17) is 9.47 Å². The van der Waals surface area contributed by atoms with Crippen molar-refractivity contribution >= 4 is 33.8 Å². The number of nitrogens with zero attached hydrogens (tertiary/aromatic N) is 3. The molecule has 50 heavy (non-hydrogen) atoms. The Hall–Kier alpha value is -4.53. The lowest BCUT2D eigenvalue weighted by Gasteiger charge is -2.36. The molecule has 3 N–H and O–H groups in total. The van der Waals surface area contributed by atoms with E-state index in [1.807, 2.05) is 12.1 Å². The highest BCUT2D eigenvalue weighted by molar-refractivity contribution is 7.91. The fourth-order valence-corrected chi connectivity index (χ4v) is 7.38. The van der Waals surface area contributed by atoms with Gasteiger partial charge in [0.05, 0.1) is 18.0 Å². The largest absolute Gasteiger partial charge is 0.487 e. The van der Waals surface area contributed by atoms with E-state index >= 15 is 0 Å². The summed E-state index contributed by atoms with van der Waals surface area (Å²) >= 11 is 0. The van der Waals surface area contributed by atoms with Crippen molar-refractivity contribution in [3.05, 3.63) is 55.6 Å². The summed E-state index contributed by atoms with van der Waals surface area (Å²) in [5, 5.41) is 4.83. The summed E-state index contributed by atoms with van der Waals surface area (Å²) in [5.74, 6) is -2.17. The van der Waals surface area contributed by atoms with Crippen molar-refractivity contribution in [1.29, 1.82) is 0 Å². The third-order valence-electron chi connectivity index (χ3n) is 8.90. The second-order valence-electron chi connectivity index (χ2n) is 15.3. The lowest BCUT2D eigenvalue weighted by atomic mass is 9.85. The third-order valence-corrected chi connectivity index (χ3v) is 10.7. The molecule has 15 heteroatoms. The van der Waals surface area contributed by atoms with Crippen molar-refractivity contribution in [1.82, 2.24) is 30.2 Å². The minimum Gasteiger partial charge on any atom is -0.487 e. The lowest BCUT2D eigenvalue weighted by molar-refractivity contribution is -0.143. The normalized spacial score (nSPS) is 24.0. The molecule has 2 aromatic rings. The Morgan fingerprint density at radius 3 is 2.30 bits per heavy atom. The van der Waals surface area contributed by atoms with Crippen LogP contribution in [0.1, 0.15) is 67.2 Å². The molecule has 1 aliphatic heterocycles. The second kappa shape index (κ2) is 13.6. The van der Waals surface area contributed by atoms with E-state index in [9.17, 15) is 27.6 Å². The van der Waals surface area contributed by atoms with Gasteiger partial charge in [-0.1, -0.05) is 26.8 Å². The van der Waals surface area contributed by atoms with Crippen LogP contribution in [0, 0.1) is 11.3 Å². The van der Waals surface area contributed by atoms with Gasteiger partial charge in [0.1, 0.15) is 35.1 Å². The molecular weight excluding hydrogens is 664 g/mol. The predicted octanol–water partition coefficient (Wildman–Crippen LogP) is 3.10. The number of likely N-dealkylation sites (tertiary alicyclic amines) is 1. The van der Waals surface area contributed by atoms with Crippen LogP contribution in [-0.4, -0.2) is 88.2 Å². The first kappa shape index (κ1) is 36.7. The summed E-state index contributed by atoms with van der Waals surface area (Å²) in [6.07, 6.45) is 7.66.